The maximum absolute atomic E-state index is 13.4. The molecule has 2 aliphatic heterocycles. The standard InChI is InChI=1S/C28H36N4O4/c1-4-32(5-2)28(36)22-8-6-7-21(15-22)25(18-31-12-11-23(33)17-31)30(3)27(35)14-19-9-10-20-16-26(34)29-24(20)13-19/h6-10,13,15,23,25,33H,4-5,11-12,14,16-18H2,1-3H3,(H,29,34)/t23-,25+/m0/s1. The lowest BCUT2D eigenvalue weighted by molar-refractivity contribution is -0.131. The number of carbonyl (C=O) groups is 3. The van der Waals surface area contributed by atoms with Crippen molar-refractivity contribution in [2.45, 2.75) is 45.3 Å². The third kappa shape index (κ3) is 5.77. The Morgan fingerprint density at radius 1 is 1.17 bits per heavy atom. The minimum Gasteiger partial charge on any atom is -0.392 e. The SMILES string of the molecule is CCN(CC)C(=O)c1cccc([C@@H](CN2CC[C@H](O)C2)N(C)C(=O)Cc2ccc3c(c2)NC(=O)C3)c1. The Bertz CT molecular complexity index is 1130. The van der Waals surface area contributed by atoms with Gasteiger partial charge in [0.2, 0.25) is 11.8 Å². The van der Waals surface area contributed by atoms with Crippen molar-refractivity contribution in [3.63, 3.8) is 0 Å². The van der Waals surface area contributed by atoms with E-state index >= 15 is 0 Å². The van der Waals surface area contributed by atoms with Gasteiger partial charge in [-0.1, -0.05) is 24.3 Å². The van der Waals surface area contributed by atoms with Crippen molar-refractivity contribution in [1.29, 1.82) is 0 Å². The van der Waals surface area contributed by atoms with E-state index in [-0.39, 0.29) is 36.3 Å². The van der Waals surface area contributed by atoms with Crippen LogP contribution in [0.3, 0.4) is 0 Å². The van der Waals surface area contributed by atoms with E-state index in [1.807, 2.05) is 56.3 Å². The van der Waals surface area contributed by atoms with E-state index in [1.165, 1.54) is 0 Å². The van der Waals surface area contributed by atoms with Gasteiger partial charge in [-0.2, -0.15) is 0 Å². The molecule has 2 N–H and O–H groups in total. The van der Waals surface area contributed by atoms with Gasteiger partial charge in [-0.25, -0.2) is 0 Å². The van der Waals surface area contributed by atoms with Crippen molar-refractivity contribution in [2.75, 3.05) is 45.1 Å². The molecular formula is C28H36N4O4. The van der Waals surface area contributed by atoms with Crippen LogP contribution in [0, 0.1) is 0 Å². The first-order chi connectivity index (χ1) is 17.3. The Morgan fingerprint density at radius 3 is 2.64 bits per heavy atom. The van der Waals surface area contributed by atoms with E-state index in [2.05, 4.69) is 10.2 Å². The topological polar surface area (TPSA) is 93.2 Å². The molecule has 0 spiro atoms. The number of carbonyl (C=O) groups excluding carboxylic acids is 3. The van der Waals surface area contributed by atoms with Gasteiger partial charge in [-0.05, 0) is 55.2 Å². The predicted octanol–water partition coefficient (Wildman–Crippen LogP) is 2.47. The van der Waals surface area contributed by atoms with E-state index in [1.54, 1.807) is 16.8 Å². The number of rotatable bonds is 9. The Labute approximate surface area is 212 Å². The fourth-order valence-electron chi connectivity index (χ4n) is 5.09. The zero-order valence-electron chi connectivity index (χ0n) is 21.4. The molecule has 0 aliphatic carbocycles. The highest BCUT2D eigenvalue weighted by Gasteiger charge is 2.29. The first-order valence-electron chi connectivity index (χ1n) is 12.8. The van der Waals surface area contributed by atoms with Gasteiger partial charge in [-0.15, -0.1) is 0 Å². The first-order valence-corrected chi connectivity index (χ1v) is 12.8. The average molecular weight is 493 g/mol. The summed E-state index contributed by atoms with van der Waals surface area (Å²) >= 11 is 0. The highest BCUT2D eigenvalue weighted by atomic mass is 16.3. The molecule has 192 valence electrons. The molecule has 2 heterocycles. The van der Waals surface area contributed by atoms with E-state index in [9.17, 15) is 19.5 Å². The molecule has 2 atom stereocenters. The van der Waals surface area contributed by atoms with Gasteiger partial charge in [0.15, 0.2) is 0 Å². The molecule has 2 aliphatic rings. The maximum atomic E-state index is 13.4. The zero-order chi connectivity index (χ0) is 25.8. The third-order valence-corrected chi connectivity index (χ3v) is 7.26. The van der Waals surface area contributed by atoms with Gasteiger partial charge in [0, 0.05) is 51.0 Å². The molecule has 2 aromatic carbocycles. The fourth-order valence-corrected chi connectivity index (χ4v) is 5.09. The lowest BCUT2D eigenvalue weighted by Gasteiger charge is -2.32. The molecule has 0 radical (unpaired) electrons. The van der Waals surface area contributed by atoms with Crippen molar-refractivity contribution in [2.24, 2.45) is 0 Å². The second kappa shape index (κ2) is 11.2. The zero-order valence-corrected chi connectivity index (χ0v) is 21.4. The maximum Gasteiger partial charge on any atom is 0.253 e. The number of hydrogen-bond donors (Lipinski definition) is 2. The lowest BCUT2D eigenvalue weighted by Crippen LogP contribution is -2.39. The molecule has 0 unspecified atom stereocenters. The van der Waals surface area contributed by atoms with E-state index in [0.717, 1.165) is 28.9 Å². The molecule has 4 rings (SSSR count). The number of aliphatic hydroxyl groups is 1. The molecule has 36 heavy (non-hydrogen) atoms. The number of nitrogens with zero attached hydrogens (tertiary/aromatic N) is 3. The number of aliphatic hydroxyl groups excluding tert-OH is 1. The van der Waals surface area contributed by atoms with Crippen molar-refractivity contribution in [3.8, 4) is 0 Å². The summed E-state index contributed by atoms with van der Waals surface area (Å²) in [5, 5.41) is 12.9. The second-order valence-electron chi connectivity index (χ2n) is 9.72. The molecule has 8 heteroatoms. The largest absolute Gasteiger partial charge is 0.392 e. The summed E-state index contributed by atoms with van der Waals surface area (Å²) in [6.07, 6.45) is 0.932. The third-order valence-electron chi connectivity index (χ3n) is 7.26. The summed E-state index contributed by atoms with van der Waals surface area (Å²) in [5.74, 6) is -0.103. The number of anilines is 1. The van der Waals surface area contributed by atoms with E-state index in [0.29, 0.717) is 44.6 Å². The van der Waals surface area contributed by atoms with E-state index in [4.69, 9.17) is 0 Å². The van der Waals surface area contributed by atoms with Crippen LogP contribution in [0.4, 0.5) is 5.69 Å². The van der Waals surface area contributed by atoms with Crippen LogP contribution < -0.4 is 5.32 Å². The monoisotopic (exact) mass is 492 g/mol. The van der Waals surface area contributed by atoms with Gasteiger partial charge in [0.1, 0.15) is 0 Å². The van der Waals surface area contributed by atoms with Crippen molar-refractivity contribution >= 4 is 23.4 Å². The number of hydrogen-bond acceptors (Lipinski definition) is 5. The van der Waals surface area contributed by atoms with Crippen LogP contribution in [0.25, 0.3) is 0 Å². The smallest absolute Gasteiger partial charge is 0.253 e. The number of amides is 3. The van der Waals surface area contributed by atoms with Crippen LogP contribution >= 0.6 is 0 Å². The van der Waals surface area contributed by atoms with Crippen molar-refractivity contribution in [3.05, 3.63) is 64.7 Å². The van der Waals surface area contributed by atoms with Crippen LogP contribution in [-0.4, -0.2) is 83.4 Å². The Hall–Kier alpha value is -3.23. The summed E-state index contributed by atoms with van der Waals surface area (Å²) in [6, 6.07) is 13.0. The summed E-state index contributed by atoms with van der Waals surface area (Å²) in [5.41, 5.74) is 4.07. The Balaban J connectivity index is 1.57. The van der Waals surface area contributed by atoms with Gasteiger partial charge in [-0.3, -0.25) is 19.3 Å². The first kappa shape index (κ1) is 25.9. The second-order valence-corrected chi connectivity index (χ2v) is 9.72. The molecule has 1 fully saturated rings. The molecular weight excluding hydrogens is 456 g/mol. The fraction of sp³-hybridized carbons (Fsp3) is 0.464. The average Bonchev–Trinajstić information content (AvgIpc) is 3.46. The summed E-state index contributed by atoms with van der Waals surface area (Å²) < 4.78 is 0. The predicted molar refractivity (Wildman–Crippen MR) is 139 cm³/mol. The minimum absolute atomic E-state index is 0.0219. The number of likely N-dealkylation sites (tertiary alicyclic amines) is 1. The molecule has 0 bridgehead atoms. The normalized spacial score (nSPS) is 18.0. The van der Waals surface area contributed by atoms with Gasteiger partial charge in [0.05, 0.1) is 25.0 Å². The van der Waals surface area contributed by atoms with Gasteiger partial charge >= 0.3 is 0 Å². The van der Waals surface area contributed by atoms with Crippen LogP contribution in [-0.2, 0) is 22.4 Å². The summed E-state index contributed by atoms with van der Waals surface area (Å²) in [6.45, 7) is 7.10. The Kier molecular flexibility index (Phi) is 8.06. The van der Waals surface area contributed by atoms with Crippen LogP contribution in [0.15, 0.2) is 42.5 Å². The Morgan fingerprint density at radius 2 is 1.94 bits per heavy atom. The summed E-state index contributed by atoms with van der Waals surface area (Å²) in [4.78, 5) is 43.8. The lowest BCUT2D eigenvalue weighted by atomic mass is 10.00. The molecule has 3 amide bonds. The number of benzene rings is 2. The van der Waals surface area contributed by atoms with Crippen LogP contribution in [0.5, 0.6) is 0 Å². The molecule has 1 saturated heterocycles. The number of fused-ring (bicyclic) bond motifs is 1. The summed E-state index contributed by atoms with van der Waals surface area (Å²) in [7, 11) is 1.80. The molecule has 0 aromatic heterocycles. The highest BCUT2D eigenvalue weighted by molar-refractivity contribution is 5.99. The van der Waals surface area contributed by atoms with Crippen LogP contribution in [0.2, 0.25) is 0 Å². The molecule has 8 nitrogen and oxygen atoms in total. The highest BCUT2D eigenvalue weighted by Crippen LogP contribution is 2.27. The number of likely N-dealkylation sites (N-methyl/N-ethyl adjacent to an activating group) is 1. The molecule has 2 aromatic rings. The number of nitrogens with one attached hydrogen (secondary N) is 1. The van der Waals surface area contributed by atoms with Crippen molar-refractivity contribution < 1.29 is 19.5 Å². The van der Waals surface area contributed by atoms with E-state index < -0.39 is 0 Å². The minimum atomic E-state index is -0.358. The van der Waals surface area contributed by atoms with Crippen molar-refractivity contribution in [1.82, 2.24) is 14.7 Å². The van der Waals surface area contributed by atoms with Gasteiger partial charge in [0.25, 0.3) is 5.91 Å². The van der Waals surface area contributed by atoms with Gasteiger partial charge < -0.3 is 20.2 Å². The quantitative estimate of drug-likeness (QED) is 0.561. The molecule has 0 saturated carbocycles. The van der Waals surface area contributed by atoms with Crippen LogP contribution in [0.1, 0.15) is 53.4 Å². The number of β-amino-alcohol motifs (C(OH)–C–C–N with tert-alkyl or cyclic N) is 1.